The van der Waals surface area contributed by atoms with Gasteiger partial charge in [-0.05, 0) is 6.07 Å². The Kier molecular flexibility index (Phi) is 3.03. The highest BCUT2D eigenvalue weighted by molar-refractivity contribution is 5.88. The van der Waals surface area contributed by atoms with E-state index in [9.17, 15) is 4.79 Å². The van der Waals surface area contributed by atoms with Gasteiger partial charge in [-0.3, -0.25) is 0 Å². The van der Waals surface area contributed by atoms with Crippen LogP contribution in [0.5, 0.6) is 0 Å². The second-order valence-corrected chi connectivity index (χ2v) is 3.41. The predicted molar refractivity (Wildman–Crippen MR) is 51.5 cm³/mol. The van der Waals surface area contributed by atoms with E-state index in [0.29, 0.717) is 18.2 Å². The van der Waals surface area contributed by atoms with Crippen LogP contribution in [0.25, 0.3) is 0 Å². The monoisotopic (exact) mass is 211 g/mol. The van der Waals surface area contributed by atoms with Gasteiger partial charge in [0.2, 0.25) is 0 Å². The van der Waals surface area contributed by atoms with Crippen LogP contribution in [0, 0.1) is 0 Å². The van der Waals surface area contributed by atoms with Crippen molar-refractivity contribution in [1.82, 2.24) is 5.32 Å². The zero-order valence-electron chi connectivity index (χ0n) is 8.49. The molecule has 5 heteroatoms. The van der Waals surface area contributed by atoms with Gasteiger partial charge in [0, 0.05) is 0 Å². The molecular weight excluding hydrogens is 198 g/mol. The fourth-order valence-electron chi connectivity index (χ4n) is 1.30. The summed E-state index contributed by atoms with van der Waals surface area (Å²) in [7, 11) is 1.35. The average Bonchev–Trinajstić information content (AvgIpc) is 2.63. The zero-order valence-corrected chi connectivity index (χ0v) is 8.49. The molecule has 82 valence electrons. The summed E-state index contributed by atoms with van der Waals surface area (Å²) in [5.74, 6) is 0.347. The molecular formula is C10H13NO4. The first-order valence-corrected chi connectivity index (χ1v) is 4.76. The molecule has 1 saturated heterocycles. The molecule has 15 heavy (non-hydrogen) atoms. The third-order valence-corrected chi connectivity index (χ3v) is 2.28. The number of hydrogen-bond acceptors (Lipinski definition) is 5. The summed E-state index contributed by atoms with van der Waals surface area (Å²) < 4.78 is 14.8. The minimum Gasteiger partial charge on any atom is -0.467 e. The van der Waals surface area contributed by atoms with E-state index in [4.69, 9.17) is 9.15 Å². The Labute approximate surface area is 87.3 Å². The average molecular weight is 211 g/mol. The molecule has 1 aromatic heterocycles. The Morgan fingerprint density at radius 2 is 2.47 bits per heavy atom. The molecule has 0 saturated carbocycles. The molecule has 1 fully saturated rings. The van der Waals surface area contributed by atoms with Crippen molar-refractivity contribution in [1.29, 1.82) is 0 Å². The maximum absolute atomic E-state index is 11.1. The van der Waals surface area contributed by atoms with Gasteiger partial charge in [-0.25, -0.2) is 4.79 Å². The van der Waals surface area contributed by atoms with Gasteiger partial charge in [0.15, 0.2) is 0 Å². The van der Waals surface area contributed by atoms with Gasteiger partial charge in [-0.15, -0.1) is 0 Å². The number of ether oxygens (including phenoxy) is 2. The third-order valence-electron chi connectivity index (χ3n) is 2.28. The van der Waals surface area contributed by atoms with Gasteiger partial charge in [0.1, 0.15) is 12.0 Å². The molecule has 0 spiro atoms. The quantitative estimate of drug-likeness (QED) is 0.737. The third kappa shape index (κ3) is 2.37. The smallest absolute Gasteiger partial charge is 0.341 e. The van der Waals surface area contributed by atoms with Crippen molar-refractivity contribution in [2.75, 3.05) is 20.3 Å². The van der Waals surface area contributed by atoms with Crippen molar-refractivity contribution in [3.05, 3.63) is 23.7 Å². The second-order valence-electron chi connectivity index (χ2n) is 3.41. The van der Waals surface area contributed by atoms with Crippen LogP contribution in [0.4, 0.5) is 0 Å². The first-order valence-electron chi connectivity index (χ1n) is 4.76. The topological polar surface area (TPSA) is 60.7 Å². The van der Waals surface area contributed by atoms with Crippen molar-refractivity contribution < 1.29 is 18.7 Å². The standard InChI is InChI=1S/C10H13NO4/c1-13-10(12)7-2-9(15-4-7)3-11-8-5-14-6-8/h2,4,8,11H,3,5-6H2,1H3. The molecule has 0 amide bonds. The van der Waals surface area contributed by atoms with Crippen molar-refractivity contribution in [2.45, 2.75) is 12.6 Å². The highest BCUT2D eigenvalue weighted by Gasteiger charge is 2.18. The fraction of sp³-hybridized carbons (Fsp3) is 0.500. The number of furan rings is 1. The predicted octanol–water partition coefficient (Wildman–Crippen LogP) is 0.555. The number of esters is 1. The van der Waals surface area contributed by atoms with E-state index < -0.39 is 0 Å². The van der Waals surface area contributed by atoms with Gasteiger partial charge < -0.3 is 19.2 Å². The van der Waals surface area contributed by atoms with E-state index in [1.165, 1.54) is 13.4 Å². The molecule has 0 unspecified atom stereocenters. The lowest BCUT2D eigenvalue weighted by Crippen LogP contribution is -2.45. The summed E-state index contributed by atoms with van der Waals surface area (Å²) >= 11 is 0. The normalized spacial score (nSPS) is 16.1. The van der Waals surface area contributed by atoms with Crippen molar-refractivity contribution in [3.8, 4) is 0 Å². The summed E-state index contributed by atoms with van der Waals surface area (Å²) in [6, 6.07) is 2.08. The van der Waals surface area contributed by atoms with Crippen LogP contribution in [-0.2, 0) is 16.0 Å². The summed E-state index contributed by atoms with van der Waals surface area (Å²) in [4.78, 5) is 11.1. The van der Waals surface area contributed by atoms with Gasteiger partial charge in [0.25, 0.3) is 0 Å². The largest absolute Gasteiger partial charge is 0.467 e. The molecule has 1 aliphatic rings. The molecule has 0 atom stereocenters. The number of rotatable bonds is 4. The summed E-state index contributed by atoms with van der Waals surface area (Å²) in [5.41, 5.74) is 0.444. The SMILES string of the molecule is COC(=O)c1coc(CNC2COC2)c1. The fourth-order valence-corrected chi connectivity index (χ4v) is 1.30. The van der Waals surface area contributed by atoms with Gasteiger partial charge in [0.05, 0.1) is 38.5 Å². The minimum atomic E-state index is -0.378. The molecule has 0 bridgehead atoms. The van der Waals surface area contributed by atoms with E-state index in [-0.39, 0.29) is 5.97 Å². The first kappa shape index (κ1) is 10.2. The number of carbonyl (C=O) groups excluding carboxylic acids is 1. The molecule has 5 nitrogen and oxygen atoms in total. The van der Waals surface area contributed by atoms with Crippen LogP contribution < -0.4 is 5.32 Å². The van der Waals surface area contributed by atoms with E-state index >= 15 is 0 Å². The lowest BCUT2D eigenvalue weighted by atomic mass is 10.2. The molecule has 2 heterocycles. The molecule has 0 radical (unpaired) electrons. The lowest BCUT2D eigenvalue weighted by molar-refractivity contribution is -0.00642. The zero-order chi connectivity index (χ0) is 10.7. The highest BCUT2D eigenvalue weighted by Crippen LogP contribution is 2.10. The number of carbonyl (C=O) groups is 1. The Hall–Kier alpha value is -1.33. The number of nitrogens with one attached hydrogen (secondary N) is 1. The van der Waals surface area contributed by atoms with Gasteiger partial charge in [-0.1, -0.05) is 0 Å². The van der Waals surface area contributed by atoms with E-state index in [1.54, 1.807) is 6.07 Å². The molecule has 1 aromatic rings. The Morgan fingerprint density at radius 3 is 3.07 bits per heavy atom. The van der Waals surface area contributed by atoms with Gasteiger partial charge in [-0.2, -0.15) is 0 Å². The summed E-state index contributed by atoms with van der Waals surface area (Å²) in [6.07, 6.45) is 1.40. The van der Waals surface area contributed by atoms with E-state index in [2.05, 4.69) is 10.1 Å². The number of methoxy groups -OCH3 is 1. The van der Waals surface area contributed by atoms with Crippen molar-refractivity contribution in [3.63, 3.8) is 0 Å². The number of hydrogen-bond donors (Lipinski definition) is 1. The van der Waals surface area contributed by atoms with Crippen molar-refractivity contribution >= 4 is 5.97 Å². The summed E-state index contributed by atoms with van der Waals surface area (Å²) in [5, 5.41) is 3.23. The first-order chi connectivity index (χ1) is 7.29. The van der Waals surface area contributed by atoms with Crippen LogP contribution in [0.3, 0.4) is 0 Å². The van der Waals surface area contributed by atoms with Crippen LogP contribution >= 0.6 is 0 Å². The second kappa shape index (κ2) is 4.46. The van der Waals surface area contributed by atoms with E-state index in [0.717, 1.165) is 19.0 Å². The van der Waals surface area contributed by atoms with Crippen molar-refractivity contribution in [2.24, 2.45) is 0 Å². The molecule has 1 N–H and O–H groups in total. The Bertz CT molecular complexity index is 343. The highest BCUT2D eigenvalue weighted by atomic mass is 16.5. The molecule has 2 rings (SSSR count). The maximum Gasteiger partial charge on any atom is 0.341 e. The van der Waals surface area contributed by atoms with Crippen LogP contribution in [0.1, 0.15) is 16.1 Å². The molecule has 1 aliphatic heterocycles. The van der Waals surface area contributed by atoms with E-state index in [1.807, 2.05) is 0 Å². The molecule has 0 aliphatic carbocycles. The van der Waals surface area contributed by atoms with Crippen LogP contribution in [0.2, 0.25) is 0 Å². The van der Waals surface area contributed by atoms with Crippen LogP contribution in [0.15, 0.2) is 16.7 Å². The van der Waals surface area contributed by atoms with Crippen LogP contribution in [-0.4, -0.2) is 32.3 Å². The van der Waals surface area contributed by atoms with Gasteiger partial charge >= 0.3 is 5.97 Å². The lowest BCUT2D eigenvalue weighted by Gasteiger charge is -2.26. The maximum atomic E-state index is 11.1. The Morgan fingerprint density at radius 1 is 1.67 bits per heavy atom. The Balaban J connectivity index is 1.86. The molecule has 0 aromatic carbocycles. The summed E-state index contributed by atoms with van der Waals surface area (Å²) in [6.45, 7) is 2.08. The minimum absolute atomic E-state index is 0.378.